The second-order valence-electron chi connectivity index (χ2n) is 3.33. The maximum Gasteiger partial charge on any atom is 0.141 e. The van der Waals surface area contributed by atoms with Gasteiger partial charge >= 0.3 is 0 Å². The third-order valence-electron chi connectivity index (χ3n) is 2.23. The van der Waals surface area contributed by atoms with Gasteiger partial charge in [-0.2, -0.15) is 0 Å². The van der Waals surface area contributed by atoms with Gasteiger partial charge in [-0.05, 0) is 24.3 Å². The first-order valence-electron chi connectivity index (χ1n) is 4.71. The molecule has 0 aliphatic heterocycles. The van der Waals surface area contributed by atoms with Crippen LogP contribution in [0.1, 0.15) is 5.69 Å². The lowest BCUT2D eigenvalue weighted by atomic mass is 10.4. The lowest BCUT2D eigenvalue weighted by molar-refractivity contribution is 0.621. The van der Waals surface area contributed by atoms with E-state index in [0.717, 1.165) is 5.69 Å². The molecule has 0 radical (unpaired) electrons. The fraction of sp³-hybridized carbons (Fsp3) is 0.182. The Kier molecular flexibility index (Phi) is 2.67. The lowest BCUT2D eigenvalue weighted by Gasteiger charge is -2.06. The van der Waals surface area contributed by atoms with Crippen molar-refractivity contribution in [2.45, 2.75) is 6.54 Å². The van der Waals surface area contributed by atoms with E-state index in [0.29, 0.717) is 12.4 Å². The summed E-state index contributed by atoms with van der Waals surface area (Å²) in [5, 5.41) is 3.12. The second kappa shape index (κ2) is 4.13. The molecular weight excluding hydrogens is 193 g/mol. The van der Waals surface area contributed by atoms with Crippen LogP contribution in [0.2, 0.25) is 0 Å². The van der Waals surface area contributed by atoms with Gasteiger partial charge in [-0.15, -0.1) is 0 Å². The molecule has 4 heteroatoms. The molecule has 2 heterocycles. The highest BCUT2D eigenvalue weighted by atomic mass is 19.1. The average Bonchev–Trinajstić information content (AvgIpc) is 2.63. The Morgan fingerprint density at radius 3 is 2.87 bits per heavy atom. The summed E-state index contributed by atoms with van der Waals surface area (Å²) in [4.78, 5) is 3.91. The van der Waals surface area contributed by atoms with Gasteiger partial charge < -0.3 is 9.88 Å². The van der Waals surface area contributed by atoms with E-state index in [1.54, 1.807) is 6.07 Å². The molecule has 0 atom stereocenters. The molecule has 0 spiro atoms. The number of aryl methyl sites for hydroxylation is 1. The van der Waals surface area contributed by atoms with Crippen LogP contribution in [-0.2, 0) is 13.6 Å². The standard InChI is InChI=1S/C11H12FN3/c1-15-6-2-3-10(15)8-14-11-5-4-9(12)7-13-11/h2-7H,8H2,1H3,(H,13,14). The normalized spacial score (nSPS) is 10.3. The summed E-state index contributed by atoms with van der Waals surface area (Å²) in [5.74, 6) is 0.358. The average molecular weight is 205 g/mol. The number of hydrogen-bond acceptors (Lipinski definition) is 2. The Labute approximate surface area is 87.6 Å². The van der Waals surface area contributed by atoms with E-state index in [4.69, 9.17) is 0 Å². The van der Waals surface area contributed by atoms with Crippen molar-refractivity contribution in [3.8, 4) is 0 Å². The molecule has 15 heavy (non-hydrogen) atoms. The molecule has 2 rings (SSSR count). The maximum absolute atomic E-state index is 12.6. The van der Waals surface area contributed by atoms with E-state index < -0.39 is 0 Å². The van der Waals surface area contributed by atoms with Gasteiger partial charge in [0.25, 0.3) is 0 Å². The molecule has 0 unspecified atom stereocenters. The molecule has 0 bridgehead atoms. The van der Waals surface area contributed by atoms with Gasteiger partial charge in [-0.1, -0.05) is 0 Å². The van der Waals surface area contributed by atoms with Crippen LogP contribution in [0.3, 0.4) is 0 Å². The summed E-state index contributed by atoms with van der Waals surface area (Å²) in [5.41, 5.74) is 1.15. The van der Waals surface area contributed by atoms with E-state index in [9.17, 15) is 4.39 Å². The molecule has 3 nitrogen and oxygen atoms in total. The van der Waals surface area contributed by atoms with Crippen LogP contribution < -0.4 is 5.32 Å². The minimum Gasteiger partial charge on any atom is -0.364 e. The SMILES string of the molecule is Cn1cccc1CNc1ccc(F)cn1. The van der Waals surface area contributed by atoms with Crippen LogP contribution >= 0.6 is 0 Å². The van der Waals surface area contributed by atoms with Crippen molar-refractivity contribution >= 4 is 5.82 Å². The van der Waals surface area contributed by atoms with Crippen molar-refractivity contribution in [2.24, 2.45) is 7.05 Å². The van der Waals surface area contributed by atoms with Gasteiger partial charge in [-0.25, -0.2) is 9.37 Å². The Morgan fingerprint density at radius 2 is 2.27 bits per heavy atom. The number of hydrogen-bond donors (Lipinski definition) is 1. The van der Waals surface area contributed by atoms with Crippen LogP contribution in [0, 0.1) is 5.82 Å². The van der Waals surface area contributed by atoms with Crippen LogP contribution in [0.25, 0.3) is 0 Å². The van der Waals surface area contributed by atoms with Crippen molar-refractivity contribution in [1.82, 2.24) is 9.55 Å². The quantitative estimate of drug-likeness (QED) is 0.832. The fourth-order valence-corrected chi connectivity index (χ4v) is 1.34. The van der Waals surface area contributed by atoms with E-state index in [1.807, 2.05) is 29.9 Å². The highest BCUT2D eigenvalue weighted by molar-refractivity contribution is 5.34. The molecule has 78 valence electrons. The first kappa shape index (κ1) is 9.71. The summed E-state index contributed by atoms with van der Waals surface area (Å²) in [6, 6.07) is 7.02. The predicted molar refractivity (Wildman–Crippen MR) is 56.9 cm³/mol. The predicted octanol–water partition coefficient (Wildman–Crippen LogP) is 2.17. The van der Waals surface area contributed by atoms with Gasteiger partial charge in [0, 0.05) is 18.9 Å². The minimum absolute atomic E-state index is 0.320. The lowest BCUT2D eigenvalue weighted by Crippen LogP contribution is -2.05. The summed E-state index contributed by atoms with van der Waals surface area (Å²) < 4.78 is 14.6. The molecule has 0 aromatic carbocycles. The highest BCUT2D eigenvalue weighted by Gasteiger charge is 1.98. The Bertz CT molecular complexity index is 433. The molecule has 0 aliphatic rings. The first-order valence-corrected chi connectivity index (χ1v) is 4.71. The summed E-state index contributed by atoms with van der Waals surface area (Å²) in [6.45, 7) is 0.683. The highest BCUT2D eigenvalue weighted by Crippen LogP contribution is 2.06. The zero-order valence-electron chi connectivity index (χ0n) is 8.44. The fourth-order valence-electron chi connectivity index (χ4n) is 1.34. The van der Waals surface area contributed by atoms with Crippen LogP contribution in [0.15, 0.2) is 36.7 Å². The molecule has 0 amide bonds. The smallest absolute Gasteiger partial charge is 0.141 e. The van der Waals surface area contributed by atoms with Crippen molar-refractivity contribution in [3.05, 3.63) is 48.2 Å². The van der Waals surface area contributed by atoms with E-state index in [-0.39, 0.29) is 5.82 Å². The topological polar surface area (TPSA) is 29.9 Å². The van der Waals surface area contributed by atoms with Crippen molar-refractivity contribution in [1.29, 1.82) is 0 Å². The number of nitrogens with one attached hydrogen (secondary N) is 1. The largest absolute Gasteiger partial charge is 0.364 e. The maximum atomic E-state index is 12.6. The van der Waals surface area contributed by atoms with Crippen molar-refractivity contribution in [2.75, 3.05) is 5.32 Å². The Morgan fingerprint density at radius 1 is 1.40 bits per heavy atom. The first-order chi connectivity index (χ1) is 7.25. The molecular formula is C11H12FN3. The number of pyridine rings is 1. The van der Waals surface area contributed by atoms with Crippen molar-refractivity contribution in [3.63, 3.8) is 0 Å². The van der Waals surface area contributed by atoms with Gasteiger partial charge in [0.05, 0.1) is 12.7 Å². The molecule has 1 N–H and O–H groups in total. The van der Waals surface area contributed by atoms with E-state index in [2.05, 4.69) is 10.3 Å². The van der Waals surface area contributed by atoms with E-state index >= 15 is 0 Å². The molecule has 0 saturated heterocycles. The third kappa shape index (κ3) is 2.34. The molecule has 0 saturated carbocycles. The van der Waals surface area contributed by atoms with Crippen LogP contribution in [-0.4, -0.2) is 9.55 Å². The van der Waals surface area contributed by atoms with Gasteiger partial charge in [0.15, 0.2) is 0 Å². The number of aromatic nitrogens is 2. The Hall–Kier alpha value is -1.84. The number of nitrogens with zero attached hydrogens (tertiary/aromatic N) is 2. The second-order valence-corrected chi connectivity index (χ2v) is 3.33. The summed E-state index contributed by atoms with van der Waals surface area (Å²) >= 11 is 0. The zero-order valence-corrected chi connectivity index (χ0v) is 8.44. The third-order valence-corrected chi connectivity index (χ3v) is 2.23. The number of halogens is 1. The Balaban J connectivity index is 1.99. The minimum atomic E-state index is -0.320. The van der Waals surface area contributed by atoms with Crippen LogP contribution in [0.4, 0.5) is 10.2 Å². The number of anilines is 1. The molecule has 0 aliphatic carbocycles. The van der Waals surface area contributed by atoms with Gasteiger partial charge in [0.1, 0.15) is 11.6 Å². The summed E-state index contributed by atoms with van der Waals surface area (Å²) in [6.07, 6.45) is 3.18. The molecule has 2 aromatic rings. The zero-order chi connectivity index (χ0) is 10.7. The molecule has 2 aromatic heterocycles. The monoisotopic (exact) mass is 205 g/mol. The number of rotatable bonds is 3. The summed E-state index contributed by atoms with van der Waals surface area (Å²) in [7, 11) is 1.98. The van der Waals surface area contributed by atoms with E-state index in [1.165, 1.54) is 12.3 Å². The van der Waals surface area contributed by atoms with Crippen LogP contribution in [0.5, 0.6) is 0 Å². The van der Waals surface area contributed by atoms with Gasteiger partial charge in [-0.3, -0.25) is 0 Å². The molecule has 0 fully saturated rings. The van der Waals surface area contributed by atoms with Gasteiger partial charge in [0.2, 0.25) is 0 Å². The van der Waals surface area contributed by atoms with Crippen molar-refractivity contribution < 1.29 is 4.39 Å².